The number of thioether (sulfide) groups is 1. The van der Waals surface area contributed by atoms with Crippen LogP contribution in [0.25, 0.3) is 10.2 Å². The molecule has 4 aromatic rings. The second-order valence-corrected chi connectivity index (χ2v) is 8.98. The van der Waals surface area contributed by atoms with Crippen LogP contribution < -0.4 is 20.1 Å². The highest BCUT2D eigenvalue weighted by Gasteiger charge is 2.10. The van der Waals surface area contributed by atoms with Crippen LogP contribution in [0, 0.1) is 0 Å². The first-order valence-corrected chi connectivity index (χ1v) is 11.8. The highest BCUT2D eigenvalue weighted by Crippen LogP contribution is 2.29. The molecule has 0 radical (unpaired) electrons. The van der Waals surface area contributed by atoms with Gasteiger partial charge in [0, 0.05) is 16.1 Å². The smallest absolute Gasteiger partial charge is 0.255 e. The van der Waals surface area contributed by atoms with Crippen molar-refractivity contribution in [1.82, 2.24) is 4.98 Å². The van der Waals surface area contributed by atoms with Gasteiger partial charge in [0.25, 0.3) is 5.91 Å². The Labute approximate surface area is 199 Å². The van der Waals surface area contributed by atoms with Gasteiger partial charge in [-0.15, -0.1) is 11.8 Å². The second-order valence-electron chi connectivity index (χ2n) is 6.90. The quantitative estimate of drug-likeness (QED) is 0.334. The number of nitrogens with one attached hydrogen (secondary N) is 2. The zero-order chi connectivity index (χ0) is 23.2. The number of aromatic nitrogens is 1. The van der Waals surface area contributed by atoms with Gasteiger partial charge in [-0.05, 0) is 60.7 Å². The molecule has 0 spiro atoms. The Morgan fingerprint density at radius 2 is 1.70 bits per heavy atom. The van der Waals surface area contributed by atoms with Crippen LogP contribution in [-0.4, -0.2) is 36.8 Å². The van der Waals surface area contributed by atoms with Crippen molar-refractivity contribution in [2.24, 2.45) is 0 Å². The van der Waals surface area contributed by atoms with Crippen LogP contribution in [0.3, 0.4) is 0 Å². The Morgan fingerprint density at radius 1 is 0.939 bits per heavy atom. The maximum atomic E-state index is 12.4. The molecule has 0 aliphatic carbocycles. The van der Waals surface area contributed by atoms with E-state index in [9.17, 15) is 9.59 Å². The van der Waals surface area contributed by atoms with Crippen molar-refractivity contribution in [3.63, 3.8) is 0 Å². The molecule has 0 aliphatic heterocycles. The molecule has 0 unspecified atom stereocenters. The van der Waals surface area contributed by atoms with E-state index in [4.69, 9.17) is 9.47 Å². The predicted molar refractivity (Wildman–Crippen MR) is 133 cm³/mol. The lowest BCUT2D eigenvalue weighted by Crippen LogP contribution is -2.13. The molecule has 0 saturated heterocycles. The third kappa shape index (κ3) is 5.82. The molecule has 33 heavy (non-hydrogen) atoms. The molecule has 1 aromatic heterocycles. The number of rotatable bonds is 8. The van der Waals surface area contributed by atoms with Crippen molar-refractivity contribution in [3.05, 3.63) is 72.3 Å². The predicted octanol–water partition coefficient (Wildman–Crippen LogP) is 5.30. The molecule has 0 atom stereocenters. The van der Waals surface area contributed by atoms with E-state index in [2.05, 4.69) is 15.6 Å². The van der Waals surface area contributed by atoms with Crippen molar-refractivity contribution in [2.45, 2.75) is 4.90 Å². The maximum absolute atomic E-state index is 12.4. The molecule has 0 saturated carbocycles. The van der Waals surface area contributed by atoms with E-state index in [1.807, 2.05) is 30.3 Å². The summed E-state index contributed by atoms with van der Waals surface area (Å²) >= 11 is 2.81. The Morgan fingerprint density at radius 3 is 2.45 bits per heavy atom. The van der Waals surface area contributed by atoms with Crippen LogP contribution in [-0.2, 0) is 4.79 Å². The summed E-state index contributed by atoms with van der Waals surface area (Å²) in [7, 11) is 3.17. The van der Waals surface area contributed by atoms with Gasteiger partial charge in [-0.25, -0.2) is 4.98 Å². The van der Waals surface area contributed by atoms with Gasteiger partial charge in [0.2, 0.25) is 5.91 Å². The molecule has 9 heteroatoms. The number of anilines is 2. The van der Waals surface area contributed by atoms with Crippen LogP contribution in [0.5, 0.6) is 11.5 Å². The standard InChI is InChI=1S/C24H21N3O4S2/c1-30-17-5-3-4-15(12-17)23(29)25-16-6-9-19(10-7-16)32-14-22(28)27-24-26-20-11-8-18(31-2)13-21(20)33-24/h3-13H,14H2,1-2H3,(H,25,29)(H,26,27,28). The third-order valence-corrected chi connectivity index (χ3v) is 6.60. The Bertz CT molecular complexity index is 1290. The molecule has 0 bridgehead atoms. The number of thiazole rings is 1. The summed E-state index contributed by atoms with van der Waals surface area (Å²) in [5, 5.41) is 6.25. The third-order valence-electron chi connectivity index (χ3n) is 4.66. The van der Waals surface area contributed by atoms with Crippen LogP contribution >= 0.6 is 23.1 Å². The highest BCUT2D eigenvalue weighted by molar-refractivity contribution is 8.00. The maximum Gasteiger partial charge on any atom is 0.255 e. The van der Waals surface area contributed by atoms with Crippen LogP contribution in [0.4, 0.5) is 10.8 Å². The molecule has 4 rings (SSSR count). The largest absolute Gasteiger partial charge is 0.497 e. The number of carbonyl (C=O) groups excluding carboxylic acids is 2. The summed E-state index contributed by atoms with van der Waals surface area (Å²) in [4.78, 5) is 30.1. The van der Waals surface area contributed by atoms with Crippen molar-refractivity contribution >= 4 is 55.9 Å². The monoisotopic (exact) mass is 479 g/mol. The average molecular weight is 480 g/mol. The summed E-state index contributed by atoms with van der Waals surface area (Å²) < 4.78 is 11.3. The van der Waals surface area contributed by atoms with Crippen LogP contribution in [0.15, 0.2) is 71.6 Å². The van der Waals surface area contributed by atoms with Crippen LogP contribution in [0.1, 0.15) is 10.4 Å². The summed E-state index contributed by atoms with van der Waals surface area (Å²) in [6.07, 6.45) is 0. The lowest BCUT2D eigenvalue weighted by atomic mass is 10.2. The number of nitrogens with zero attached hydrogens (tertiary/aromatic N) is 1. The second kappa shape index (κ2) is 10.4. The summed E-state index contributed by atoms with van der Waals surface area (Å²) in [6.45, 7) is 0. The van der Waals surface area contributed by atoms with E-state index in [1.165, 1.54) is 23.1 Å². The number of ether oxygens (including phenoxy) is 2. The number of methoxy groups -OCH3 is 2. The van der Waals surface area contributed by atoms with Crippen molar-refractivity contribution in [3.8, 4) is 11.5 Å². The first kappa shape index (κ1) is 22.6. The Kier molecular flexibility index (Phi) is 7.11. The molecule has 168 valence electrons. The highest BCUT2D eigenvalue weighted by atomic mass is 32.2. The molecule has 1 heterocycles. The number of benzene rings is 3. The molecule has 2 amide bonds. The van der Waals surface area contributed by atoms with Gasteiger partial charge in [-0.1, -0.05) is 17.4 Å². The fraction of sp³-hybridized carbons (Fsp3) is 0.125. The van der Waals surface area contributed by atoms with Crippen LogP contribution in [0.2, 0.25) is 0 Å². The summed E-state index contributed by atoms with van der Waals surface area (Å²) in [5.41, 5.74) is 2.00. The molecular weight excluding hydrogens is 458 g/mol. The number of hydrogen-bond acceptors (Lipinski definition) is 7. The number of hydrogen-bond donors (Lipinski definition) is 2. The first-order valence-electron chi connectivity index (χ1n) is 9.97. The first-order chi connectivity index (χ1) is 16.0. The number of fused-ring (bicyclic) bond motifs is 1. The molecule has 7 nitrogen and oxygen atoms in total. The SMILES string of the molecule is COc1cccc(C(=O)Nc2ccc(SCC(=O)Nc3nc4ccc(OC)cc4s3)cc2)c1. The Balaban J connectivity index is 1.30. The molecule has 0 fully saturated rings. The van der Waals surface area contributed by atoms with Gasteiger partial charge < -0.3 is 20.1 Å². The Hall–Kier alpha value is -3.56. The lowest BCUT2D eigenvalue weighted by molar-refractivity contribution is -0.113. The van der Waals surface area contributed by atoms with Crippen molar-refractivity contribution < 1.29 is 19.1 Å². The minimum atomic E-state index is -0.220. The van der Waals surface area contributed by atoms with E-state index in [-0.39, 0.29) is 17.6 Å². The zero-order valence-electron chi connectivity index (χ0n) is 18.0. The van der Waals surface area contributed by atoms with E-state index < -0.39 is 0 Å². The van der Waals surface area contributed by atoms with Gasteiger partial charge >= 0.3 is 0 Å². The lowest BCUT2D eigenvalue weighted by Gasteiger charge is -2.08. The fourth-order valence-corrected chi connectivity index (χ4v) is 4.60. The van der Waals surface area contributed by atoms with Crippen molar-refractivity contribution in [2.75, 3.05) is 30.6 Å². The van der Waals surface area contributed by atoms with Gasteiger partial charge in [0.05, 0.1) is 30.2 Å². The number of amides is 2. The van der Waals surface area contributed by atoms with E-state index in [0.29, 0.717) is 22.1 Å². The zero-order valence-corrected chi connectivity index (χ0v) is 19.6. The van der Waals surface area contributed by atoms with E-state index >= 15 is 0 Å². The van der Waals surface area contributed by atoms with Gasteiger partial charge in [0.15, 0.2) is 5.13 Å². The van der Waals surface area contributed by atoms with Gasteiger partial charge in [-0.2, -0.15) is 0 Å². The average Bonchev–Trinajstić information content (AvgIpc) is 3.24. The molecule has 2 N–H and O–H groups in total. The number of carbonyl (C=O) groups is 2. The minimum Gasteiger partial charge on any atom is -0.497 e. The topological polar surface area (TPSA) is 89.5 Å². The fourth-order valence-electron chi connectivity index (χ4n) is 2.99. The van der Waals surface area contributed by atoms with Gasteiger partial charge in [0.1, 0.15) is 11.5 Å². The van der Waals surface area contributed by atoms with E-state index in [1.54, 1.807) is 50.6 Å². The summed E-state index contributed by atoms with van der Waals surface area (Å²) in [6, 6.07) is 19.9. The molecular formula is C24H21N3O4S2. The van der Waals surface area contributed by atoms with Gasteiger partial charge in [-0.3, -0.25) is 9.59 Å². The normalized spacial score (nSPS) is 10.6. The molecule has 0 aliphatic rings. The van der Waals surface area contributed by atoms with E-state index in [0.717, 1.165) is 20.9 Å². The summed E-state index contributed by atoms with van der Waals surface area (Å²) in [5.74, 6) is 1.26. The minimum absolute atomic E-state index is 0.138. The van der Waals surface area contributed by atoms with Crippen molar-refractivity contribution in [1.29, 1.82) is 0 Å². The molecule has 3 aromatic carbocycles.